The Morgan fingerprint density at radius 1 is 0.654 bits per heavy atom. The summed E-state index contributed by atoms with van der Waals surface area (Å²) in [4.78, 5) is 12.0. The Hall–Kier alpha value is -3.16. The predicted octanol–water partition coefficient (Wildman–Crippen LogP) is 2.42. The van der Waals surface area contributed by atoms with Crippen molar-refractivity contribution in [3.8, 4) is 0 Å². The van der Waals surface area contributed by atoms with Gasteiger partial charge >= 0.3 is 0 Å². The molecule has 0 bridgehead atoms. The highest BCUT2D eigenvalue weighted by Crippen LogP contribution is 2.11. The minimum atomic E-state index is -3.58. The lowest BCUT2D eigenvalue weighted by Crippen LogP contribution is -2.11. The van der Waals surface area contributed by atoms with Gasteiger partial charge in [0, 0.05) is 22.5 Å². The molecule has 6 nitrogen and oxygen atoms in total. The monoisotopic (exact) mass is 369 g/mol. The van der Waals surface area contributed by atoms with Gasteiger partial charge in [0.2, 0.25) is 10.0 Å². The van der Waals surface area contributed by atoms with Crippen molar-refractivity contribution in [3.05, 3.63) is 90.0 Å². The van der Waals surface area contributed by atoms with Crippen molar-refractivity contribution in [1.82, 2.24) is 0 Å². The molecule has 0 saturated heterocycles. The molecule has 0 radical (unpaired) electrons. The maximum atomic E-state index is 11.9. The molecule has 0 aliphatic rings. The molecule has 0 spiro atoms. The Balaban J connectivity index is 0.000000197. The number of sulfonamides is 1. The first-order valence-corrected chi connectivity index (χ1v) is 9.15. The molecule has 0 aromatic heterocycles. The molecule has 7 heteroatoms. The van der Waals surface area contributed by atoms with E-state index in [-0.39, 0.29) is 10.7 Å². The Labute approximate surface area is 152 Å². The standard InChI is InChI=1S/C13H11NO.C6H8N2O2S/c14-12-8-6-11(7-9-12)13(15)10-4-2-1-3-5-10;7-5-1-3-6(4-2-5)11(8,9)10/h1-9H,14H2;1-4H,7H2,(H2,8,9,10). The number of benzene rings is 3. The molecular formula is C19H19N3O3S. The zero-order valence-corrected chi connectivity index (χ0v) is 14.7. The van der Waals surface area contributed by atoms with E-state index in [2.05, 4.69) is 0 Å². The van der Waals surface area contributed by atoms with Gasteiger partial charge in [-0.15, -0.1) is 0 Å². The molecule has 0 aliphatic heterocycles. The molecule has 0 amide bonds. The molecule has 134 valence electrons. The SMILES string of the molecule is Nc1ccc(C(=O)c2ccccc2)cc1.Nc1ccc(S(N)(=O)=O)cc1. The second-order valence-corrected chi connectivity index (χ2v) is 6.99. The average Bonchev–Trinajstić information content (AvgIpc) is 2.63. The Morgan fingerprint density at radius 3 is 1.54 bits per heavy atom. The number of carbonyl (C=O) groups excluding carboxylic acids is 1. The number of carbonyl (C=O) groups is 1. The topological polar surface area (TPSA) is 129 Å². The van der Waals surface area contributed by atoms with Gasteiger partial charge in [0.05, 0.1) is 4.90 Å². The van der Waals surface area contributed by atoms with Crippen molar-refractivity contribution in [1.29, 1.82) is 0 Å². The van der Waals surface area contributed by atoms with E-state index in [1.165, 1.54) is 24.3 Å². The molecule has 3 aromatic rings. The molecule has 0 saturated carbocycles. The van der Waals surface area contributed by atoms with Crippen LogP contribution in [-0.4, -0.2) is 14.2 Å². The van der Waals surface area contributed by atoms with Gasteiger partial charge in [0.1, 0.15) is 0 Å². The van der Waals surface area contributed by atoms with Crippen LogP contribution in [0.15, 0.2) is 83.8 Å². The maximum absolute atomic E-state index is 11.9. The fourth-order valence-electron chi connectivity index (χ4n) is 2.05. The van der Waals surface area contributed by atoms with Crippen LogP contribution in [-0.2, 0) is 10.0 Å². The largest absolute Gasteiger partial charge is 0.399 e. The van der Waals surface area contributed by atoms with Gasteiger partial charge < -0.3 is 11.5 Å². The van der Waals surface area contributed by atoms with Crippen LogP contribution in [0.2, 0.25) is 0 Å². The van der Waals surface area contributed by atoms with E-state index in [1.54, 1.807) is 36.4 Å². The maximum Gasteiger partial charge on any atom is 0.238 e. The van der Waals surface area contributed by atoms with Crippen LogP contribution in [0.1, 0.15) is 15.9 Å². The Bertz CT molecular complexity index is 969. The lowest BCUT2D eigenvalue weighted by Gasteiger charge is -2.00. The summed E-state index contributed by atoms with van der Waals surface area (Å²) in [6.07, 6.45) is 0. The summed E-state index contributed by atoms with van der Waals surface area (Å²) in [5, 5.41) is 4.84. The van der Waals surface area contributed by atoms with E-state index >= 15 is 0 Å². The third-order valence-electron chi connectivity index (χ3n) is 3.42. The van der Waals surface area contributed by atoms with Crippen LogP contribution in [0, 0.1) is 0 Å². The number of nitrogens with two attached hydrogens (primary N) is 3. The summed E-state index contributed by atoms with van der Waals surface area (Å²) in [6, 6.07) is 21.8. The highest BCUT2D eigenvalue weighted by molar-refractivity contribution is 7.89. The van der Waals surface area contributed by atoms with Crippen molar-refractivity contribution in [2.24, 2.45) is 5.14 Å². The van der Waals surface area contributed by atoms with Crippen molar-refractivity contribution in [2.45, 2.75) is 4.90 Å². The van der Waals surface area contributed by atoms with Crippen LogP contribution in [0.5, 0.6) is 0 Å². The molecule has 3 rings (SSSR count). The molecule has 0 fully saturated rings. The zero-order valence-electron chi connectivity index (χ0n) is 13.9. The quantitative estimate of drug-likeness (QED) is 0.482. The molecule has 3 aromatic carbocycles. The first-order valence-electron chi connectivity index (χ1n) is 7.61. The van der Waals surface area contributed by atoms with Gasteiger partial charge in [-0.2, -0.15) is 0 Å². The number of primary sulfonamides is 1. The predicted molar refractivity (Wildman–Crippen MR) is 103 cm³/mol. The van der Waals surface area contributed by atoms with Crippen LogP contribution >= 0.6 is 0 Å². The van der Waals surface area contributed by atoms with E-state index in [9.17, 15) is 13.2 Å². The van der Waals surface area contributed by atoms with Crippen molar-refractivity contribution in [2.75, 3.05) is 11.5 Å². The second kappa shape index (κ2) is 8.28. The third-order valence-corrected chi connectivity index (χ3v) is 4.35. The first kappa shape index (κ1) is 19.2. The van der Waals surface area contributed by atoms with E-state index in [0.717, 1.165) is 0 Å². The molecule has 0 heterocycles. The summed E-state index contributed by atoms with van der Waals surface area (Å²) < 4.78 is 21.4. The minimum Gasteiger partial charge on any atom is -0.399 e. The van der Waals surface area contributed by atoms with Crippen LogP contribution < -0.4 is 16.6 Å². The number of ketones is 1. The summed E-state index contributed by atoms with van der Waals surface area (Å²) >= 11 is 0. The Kier molecular flexibility index (Phi) is 6.11. The lowest BCUT2D eigenvalue weighted by atomic mass is 10.0. The van der Waals surface area contributed by atoms with Crippen molar-refractivity contribution < 1.29 is 13.2 Å². The van der Waals surface area contributed by atoms with Gasteiger partial charge in [-0.3, -0.25) is 4.79 Å². The van der Waals surface area contributed by atoms with Crippen LogP contribution in [0.3, 0.4) is 0 Å². The molecular weight excluding hydrogens is 350 g/mol. The lowest BCUT2D eigenvalue weighted by molar-refractivity contribution is 0.103. The van der Waals surface area contributed by atoms with Gasteiger partial charge in [-0.05, 0) is 48.5 Å². The summed E-state index contributed by atoms with van der Waals surface area (Å²) in [5.74, 6) is 0.0237. The van der Waals surface area contributed by atoms with Crippen LogP contribution in [0.4, 0.5) is 11.4 Å². The molecule has 0 aliphatic carbocycles. The van der Waals surface area contributed by atoms with Gasteiger partial charge in [0.25, 0.3) is 0 Å². The van der Waals surface area contributed by atoms with E-state index in [0.29, 0.717) is 22.5 Å². The van der Waals surface area contributed by atoms with Gasteiger partial charge in [-0.1, -0.05) is 30.3 Å². The Morgan fingerprint density at radius 2 is 1.08 bits per heavy atom. The normalized spacial score (nSPS) is 10.5. The van der Waals surface area contributed by atoms with Crippen molar-refractivity contribution in [3.63, 3.8) is 0 Å². The van der Waals surface area contributed by atoms with Gasteiger partial charge in [-0.25, -0.2) is 13.6 Å². The van der Waals surface area contributed by atoms with E-state index in [4.69, 9.17) is 16.6 Å². The summed E-state index contributed by atoms with van der Waals surface area (Å²) in [7, 11) is -3.58. The molecule has 0 unspecified atom stereocenters. The molecule has 26 heavy (non-hydrogen) atoms. The molecule has 6 N–H and O–H groups in total. The van der Waals surface area contributed by atoms with Crippen molar-refractivity contribution >= 4 is 27.2 Å². The van der Waals surface area contributed by atoms with Crippen LogP contribution in [0.25, 0.3) is 0 Å². The number of hydrogen-bond acceptors (Lipinski definition) is 5. The van der Waals surface area contributed by atoms with E-state index in [1.807, 2.05) is 18.2 Å². The first-order chi connectivity index (χ1) is 12.3. The van der Waals surface area contributed by atoms with E-state index < -0.39 is 10.0 Å². The summed E-state index contributed by atoms with van der Waals surface area (Å²) in [5.41, 5.74) is 13.4. The minimum absolute atomic E-state index is 0.0237. The fourth-order valence-corrected chi connectivity index (χ4v) is 2.56. The average molecular weight is 369 g/mol. The number of anilines is 2. The smallest absolute Gasteiger partial charge is 0.238 e. The highest BCUT2D eigenvalue weighted by Gasteiger charge is 2.07. The summed E-state index contributed by atoms with van der Waals surface area (Å²) in [6.45, 7) is 0. The fraction of sp³-hybridized carbons (Fsp3) is 0. The number of nitrogen functional groups attached to an aromatic ring is 2. The zero-order chi connectivity index (χ0) is 19.2. The third kappa shape index (κ3) is 5.44. The second-order valence-electron chi connectivity index (χ2n) is 5.43. The highest BCUT2D eigenvalue weighted by atomic mass is 32.2. The number of rotatable bonds is 3. The number of hydrogen-bond donors (Lipinski definition) is 3. The van der Waals surface area contributed by atoms with Gasteiger partial charge in [0.15, 0.2) is 5.78 Å². The molecule has 0 atom stereocenters.